The standard InChI is InChI=1S/C18H17F3O3/c19-18(20,21)14-9-11-15(12-10-14)24-16(7-4-8-17(22)23)13-5-2-1-3-6-13/h1-3,5-6,9-12,16H,4,7-8H2,(H,22,23)/t16-/m1/s1/i1D,2D,3D,5D,6D. The Morgan fingerprint density at radius 3 is 2.33 bits per heavy atom. The van der Waals surface area contributed by atoms with Crippen molar-refractivity contribution in [1.29, 1.82) is 0 Å². The molecule has 0 bridgehead atoms. The summed E-state index contributed by atoms with van der Waals surface area (Å²) in [5.74, 6) is -1.09. The van der Waals surface area contributed by atoms with E-state index in [-0.39, 0.29) is 30.6 Å². The van der Waals surface area contributed by atoms with Crippen molar-refractivity contribution < 1.29 is 34.7 Å². The molecule has 0 spiro atoms. The average Bonchev–Trinajstić information content (AvgIpc) is 2.64. The molecule has 0 aromatic heterocycles. The molecule has 0 saturated carbocycles. The van der Waals surface area contributed by atoms with Crippen molar-refractivity contribution >= 4 is 5.97 Å². The van der Waals surface area contributed by atoms with Crippen LogP contribution < -0.4 is 4.74 Å². The van der Waals surface area contributed by atoms with E-state index in [4.69, 9.17) is 16.7 Å². The minimum absolute atomic E-state index is 0.00913. The van der Waals surface area contributed by atoms with Crippen LogP contribution in [0.15, 0.2) is 54.5 Å². The molecule has 1 N–H and O–H groups in total. The van der Waals surface area contributed by atoms with Crippen LogP contribution >= 0.6 is 0 Å². The van der Waals surface area contributed by atoms with Crippen LogP contribution in [-0.4, -0.2) is 11.1 Å². The number of halogens is 3. The van der Waals surface area contributed by atoms with Crippen LogP contribution in [0, 0.1) is 0 Å². The maximum Gasteiger partial charge on any atom is 0.416 e. The lowest BCUT2D eigenvalue weighted by Gasteiger charge is -2.20. The quantitative estimate of drug-likeness (QED) is 0.762. The monoisotopic (exact) mass is 343 g/mol. The Hall–Kier alpha value is -2.50. The first kappa shape index (κ1) is 11.9. The second kappa shape index (κ2) is 7.86. The van der Waals surface area contributed by atoms with E-state index >= 15 is 0 Å². The SMILES string of the molecule is [2H]c1c([2H])c([2H])c([C@@H](CCCC(=O)O)Oc2ccc(C(F)(F)F)cc2)c([2H])c1[2H]. The topological polar surface area (TPSA) is 46.5 Å². The van der Waals surface area contributed by atoms with E-state index in [0.717, 1.165) is 24.3 Å². The zero-order valence-corrected chi connectivity index (χ0v) is 12.4. The van der Waals surface area contributed by atoms with Crippen LogP contribution in [0.2, 0.25) is 0 Å². The molecule has 2 rings (SSSR count). The van der Waals surface area contributed by atoms with E-state index < -0.39 is 54.0 Å². The van der Waals surface area contributed by atoms with Gasteiger partial charge in [-0.3, -0.25) is 4.79 Å². The lowest BCUT2D eigenvalue weighted by Crippen LogP contribution is -2.09. The molecule has 0 heterocycles. The maximum atomic E-state index is 12.7. The number of aliphatic carboxylic acids is 1. The molecule has 1 atom stereocenters. The van der Waals surface area contributed by atoms with Crippen LogP contribution in [0.4, 0.5) is 13.2 Å². The Balaban J connectivity index is 2.42. The minimum Gasteiger partial charge on any atom is -0.486 e. The van der Waals surface area contributed by atoms with Gasteiger partial charge in [-0.25, -0.2) is 0 Å². The molecule has 0 radical (unpaired) electrons. The largest absolute Gasteiger partial charge is 0.486 e. The highest BCUT2D eigenvalue weighted by Gasteiger charge is 2.30. The molecule has 2 aromatic rings. The van der Waals surface area contributed by atoms with Gasteiger partial charge in [-0.05, 0) is 42.7 Å². The first-order chi connectivity index (χ1) is 13.4. The van der Waals surface area contributed by atoms with Crippen molar-refractivity contribution in [3.05, 3.63) is 65.6 Å². The zero-order chi connectivity index (χ0) is 21.9. The molecule has 0 saturated heterocycles. The van der Waals surface area contributed by atoms with Crippen molar-refractivity contribution in [2.45, 2.75) is 31.5 Å². The average molecular weight is 343 g/mol. The van der Waals surface area contributed by atoms with E-state index in [1.807, 2.05) is 0 Å². The van der Waals surface area contributed by atoms with Gasteiger partial charge >= 0.3 is 12.1 Å². The van der Waals surface area contributed by atoms with E-state index in [9.17, 15) is 18.0 Å². The predicted octanol–water partition coefficient (Wildman–Crippen LogP) is 5.08. The number of hydrogen-bond donors (Lipinski definition) is 1. The Bertz CT molecular complexity index is 872. The van der Waals surface area contributed by atoms with Gasteiger partial charge in [-0.15, -0.1) is 0 Å². The number of hydrogen-bond acceptors (Lipinski definition) is 2. The highest BCUT2D eigenvalue weighted by Crippen LogP contribution is 2.32. The molecule has 3 nitrogen and oxygen atoms in total. The van der Waals surface area contributed by atoms with Crippen molar-refractivity contribution in [1.82, 2.24) is 0 Å². The van der Waals surface area contributed by atoms with E-state index in [2.05, 4.69) is 0 Å². The van der Waals surface area contributed by atoms with Crippen molar-refractivity contribution in [2.24, 2.45) is 0 Å². The van der Waals surface area contributed by atoms with Crippen molar-refractivity contribution in [2.75, 3.05) is 0 Å². The molecular weight excluding hydrogens is 321 g/mol. The Labute approximate surface area is 144 Å². The minimum atomic E-state index is -4.54. The molecule has 0 aliphatic carbocycles. The first-order valence-electron chi connectivity index (χ1n) is 9.56. The smallest absolute Gasteiger partial charge is 0.416 e. The molecule has 6 heteroatoms. The maximum absolute atomic E-state index is 12.7. The van der Waals surface area contributed by atoms with E-state index in [1.54, 1.807) is 0 Å². The number of benzene rings is 2. The lowest BCUT2D eigenvalue weighted by molar-refractivity contribution is -0.138. The number of alkyl halides is 3. The molecule has 2 aromatic carbocycles. The number of carboxylic acids is 1. The van der Waals surface area contributed by atoms with Gasteiger partial charge in [0.25, 0.3) is 0 Å². The number of ether oxygens (including phenoxy) is 1. The number of rotatable bonds is 7. The molecule has 128 valence electrons. The predicted molar refractivity (Wildman–Crippen MR) is 82.7 cm³/mol. The third-order valence-corrected chi connectivity index (χ3v) is 3.16. The number of carbonyl (C=O) groups is 1. The molecule has 0 fully saturated rings. The molecule has 0 amide bonds. The van der Waals surface area contributed by atoms with Gasteiger partial charge in [0.15, 0.2) is 0 Å². The van der Waals surface area contributed by atoms with Gasteiger partial charge < -0.3 is 9.84 Å². The number of carboxylic acid groups (broad SMARTS) is 1. The van der Waals surface area contributed by atoms with Gasteiger partial charge in [0.1, 0.15) is 11.9 Å². The van der Waals surface area contributed by atoms with E-state index in [1.165, 1.54) is 0 Å². The summed E-state index contributed by atoms with van der Waals surface area (Å²) in [6.07, 6.45) is -5.86. The van der Waals surface area contributed by atoms with Gasteiger partial charge in [-0.1, -0.05) is 30.2 Å². The molecule has 0 aliphatic heterocycles. The summed E-state index contributed by atoms with van der Waals surface area (Å²) in [5, 5.41) is 8.82. The Morgan fingerprint density at radius 1 is 1.17 bits per heavy atom. The normalized spacial score (nSPS) is 15.5. The zero-order valence-electron chi connectivity index (χ0n) is 17.4. The van der Waals surface area contributed by atoms with Crippen LogP contribution in [0.1, 0.15) is 43.3 Å². The van der Waals surface area contributed by atoms with Crippen LogP contribution in [-0.2, 0) is 11.0 Å². The van der Waals surface area contributed by atoms with Crippen LogP contribution in [0.25, 0.3) is 0 Å². The summed E-state index contributed by atoms with van der Waals surface area (Å²) in [7, 11) is 0. The third-order valence-electron chi connectivity index (χ3n) is 3.16. The van der Waals surface area contributed by atoms with Crippen molar-refractivity contribution in [3.63, 3.8) is 0 Å². The third kappa shape index (κ3) is 5.30. The van der Waals surface area contributed by atoms with Crippen LogP contribution in [0.3, 0.4) is 0 Å². The highest BCUT2D eigenvalue weighted by atomic mass is 19.4. The highest BCUT2D eigenvalue weighted by molar-refractivity contribution is 5.66. The summed E-state index contributed by atoms with van der Waals surface area (Å²) in [4.78, 5) is 10.8. The van der Waals surface area contributed by atoms with Gasteiger partial charge in [0.05, 0.1) is 12.4 Å². The molecule has 24 heavy (non-hydrogen) atoms. The van der Waals surface area contributed by atoms with Gasteiger partial charge in [-0.2, -0.15) is 13.2 Å². The summed E-state index contributed by atoms with van der Waals surface area (Å²) in [6.45, 7) is 0. The summed E-state index contributed by atoms with van der Waals surface area (Å²) in [6, 6.07) is 0.927. The molecule has 0 unspecified atom stereocenters. The van der Waals surface area contributed by atoms with Gasteiger partial charge in [0, 0.05) is 6.42 Å². The second-order valence-corrected chi connectivity index (χ2v) is 4.95. The van der Waals surface area contributed by atoms with E-state index in [0.29, 0.717) is 0 Å². The summed E-state index contributed by atoms with van der Waals surface area (Å²) in [5.41, 5.74) is -1.07. The summed E-state index contributed by atoms with van der Waals surface area (Å²) < 4.78 is 83.1. The first-order valence-corrected chi connectivity index (χ1v) is 7.06. The van der Waals surface area contributed by atoms with Crippen LogP contribution in [0.5, 0.6) is 5.75 Å². The Morgan fingerprint density at radius 2 is 1.79 bits per heavy atom. The molecule has 0 aliphatic rings. The fraction of sp³-hybridized carbons (Fsp3) is 0.278. The Kier molecular flexibility index (Phi) is 3.91. The molecular formula is C18H17F3O3. The fourth-order valence-electron chi connectivity index (χ4n) is 2.01. The summed E-state index contributed by atoms with van der Waals surface area (Å²) >= 11 is 0. The lowest BCUT2D eigenvalue weighted by atomic mass is 10.0. The fourth-order valence-corrected chi connectivity index (χ4v) is 2.01. The second-order valence-electron chi connectivity index (χ2n) is 4.95. The van der Waals surface area contributed by atoms with Gasteiger partial charge in [0.2, 0.25) is 0 Å². The van der Waals surface area contributed by atoms with Crippen molar-refractivity contribution in [3.8, 4) is 5.75 Å².